The summed E-state index contributed by atoms with van der Waals surface area (Å²) in [6.07, 6.45) is 1.63. The first kappa shape index (κ1) is 25.3. The number of fused-ring (bicyclic) bond motifs is 6. The first-order valence-corrected chi connectivity index (χ1v) is 13.1. The second-order valence-electron chi connectivity index (χ2n) is 9.60. The first-order chi connectivity index (χ1) is 19.5. The van der Waals surface area contributed by atoms with Gasteiger partial charge in [0.25, 0.3) is 0 Å². The molecule has 0 unspecified atom stereocenters. The molecule has 2 heterocycles. The minimum atomic E-state index is -0.161. The second kappa shape index (κ2) is 10.6. The number of nitrogens with one attached hydrogen (secondary N) is 2. The minimum Gasteiger partial charge on any atom is -0.495 e. The van der Waals surface area contributed by atoms with Crippen LogP contribution < -0.4 is 20.1 Å². The summed E-state index contributed by atoms with van der Waals surface area (Å²) in [5.41, 5.74) is 3.98. The first-order valence-electron chi connectivity index (χ1n) is 13.1. The highest BCUT2D eigenvalue weighted by Crippen LogP contribution is 2.37. The number of benzene rings is 4. The Morgan fingerprint density at radius 3 is 1.45 bits per heavy atom. The molecule has 2 amide bonds. The van der Waals surface area contributed by atoms with E-state index < -0.39 is 0 Å². The molecule has 202 valence electrons. The van der Waals surface area contributed by atoms with Crippen molar-refractivity contribution in [3.63, 3.8) is 0 Å². The molecule has 0 radical (unpaired) electrons. The molecule has 2 N–H and O–H groups in total. The van der Waals surface area contributed by atoms with Gasteiger partial charge in [0.2, 0.25) is 11.8 Å². The number of carbonyl (C=O) groups excluding carboxylic acids is 2. The monoisotopic (exact) mass is 536 g/mol. The highest BCUT2D eigenvalue weighted by Gasteiger charge is 2.16. The third-order valence-electron chi connectivity index (χ3n) is 7.00. The highest BCUT2D eigenvalue weighted by atomic mass is 16.5. The molecule has 0 saturated carbocycles. The van der Waals surface area contributed by atoms with Gasteiger partial charge in [0.05, 0.1) is 25.6 Å². The molecule has 0 saturated heterocycles. The molecule has 0 spiro atoms. The standard InChI is InChI=1S/C32H28N2O6/c1-37-29-15-21-19-9-3-5-11-25(19)39-27(21)17-23(29)33-31(35)13-7-8-14-32(36)34-24-18-28-22(16-30(24)38-2)20-10-4-6-12-26(20)40-28/h3-6,9-12,15-18H,7-8,13-14H2,1-2H3,(H,33,35)(H,34,36). The predicted molar refractivity (Wildman–Crippen MR) is 156 cm³/mol. The predicted octanol–water partition coefficient (Wildman–Crippen LogP) is 7.64. The van der Waals surface area contributed by atoms with Crippen molar-refractivity contribution >= 4 is 67.1 Å². The van der Waals surface area contributed by atoms with Crippen LogP contribution in [0.25, 0.3) is 43.9 Å². The summed E-state index contributed by atoms with van der Waals surface area (Å²) in [5.74, 6) is 0.793. The average Bonchev–Trinajstić information content (AvgIpc) is 3.51. The lowest BCUT2D eigenvalue weighted by Crippen LogP contribution is -2.14. The van der Waals surface area contributed by atoms with E-state index in [1.807, 2.05) is 60.7 Å². The molecule has 6 rings (SSSR count). The SMILES string of the molecule is COc1cc2c(cc1NC(=O)CCCCC(=O)Nc1cc3oc4ccccc4c3cc1OC)oc1ccccc12. The number of unbranched alkanes of at least 4 members (excludes halogenated alkanes) is 1. The van der Waals surface area contributed by atoms with Crippen LogP contribution in [0.5, 0.6) is 11.5 Å². The Balaban J connectivity index is 1.05. The van der Waals surface area contributed by atoms with Gasteiger partial charge in [0.1, 0.15) is 33.8 Å². The minimum absolute atomic E-state index is 0.161. The normalized spacial score (nSPS) is 11.3. The number of ether oxygens (including phenoxy) is 2. The quantitative estimate of drug-likeness (QED) is 0.184. The Labute approximate surface area is 229 Å². The Kier molecular flexibility index (Phi) is 6.74. The molecule has 0 atom stereocenters. The third kappa shape index (κ3) is 4.80. The molecule has 8 heteroatoms. The fourth-order valence-electron chi connectivity index (χ4n) is 5.03. The van der Waals surface area contributed by atoms with E-state index in [9.17, 15) is 9.59 Å². The molecule has 0 aliphatic carbocycles. The lowest BCUT2D eigenvalue weighted by molar-refractivity contribution is -0.118. The zero-order valence-electron chi connectivity index (χ0n) is 22.2. The maximum absolute atomic E-state index is 12.7. The molecular formula is C32H28N2O6. The van der Waals surface area contributed by atoms with E-state index in [1.54, 1.807) is 26.4 Å². The Bertz CT molecular complexity index is 1750. The number of rotatable bonds is 9. The lowest BCUT2D eigenvalue weighted by Gasteiger charge is -2.11. The molecule has 0 fully saturated rings. The van der Waals surface area contributed by atoms with Crippen LogP contribution in [0.15, 0.2) is 81.6 Å². The fraction of sp³-hybridized carbons (Fsp3) is 0.188. The van der Waals surface area contributed by atoms with Crippen molar-refractivity contribution in [1.29, 1.82) is 0 Å². The Morgan fingerprint density at radius 2 is 1.02 bits per heavy atom. The molecule has 2 aromatic heterocycles. The summed E-state index contributed by atoms with van der Waals surface area (Å²) < 4.78 is 22.9. The van der Waals surface area contributed by atoms with Crippen molar-refractivity contribution in [1.82, 2.24) is 0 Å². The van der Waals surface area contributed by atoms with E-state index in [4.69, 9.17) is 18.3 Å². The smallest absolute Gasteiger partial charge is 0.224 e. The van der Waals surface area contributed by atoms with Gasteiger partial charge in [-0.25, -0.2) is 0 Å². The largest absolute Gasteiger partial charge is 0.495 e. The van der Waals surface area contributed by atoms with Crippen molar-refractivity contribution in [3.05, 3.63) is 72.8 Å². The summed E-state index contributed by atoms with van der Waals surface area (Å²) in [6.45, 7) is 0. The van der Waals surface area contributed by atoms with Crippen LogP contribution in [0, 0.1) is 0 Å². The van der Waals surface area contributed by atoms with Crippen LogP contribution in [0.1, 0.15) is 25.7 Å². The topological polar surface area (TPSA) is 103 Å². The van der Waals surface area contributed by atoms with E-state index in [1.165, 1.54) is 0 Å². The summed E-state index contributed by atoms with van der Waals surface area (Å²) in [4.78, 5) is 25.4. The number of para-hydroxylation sites is 2. The van der Waals surface area contributed by atoms with Gasteiger partial charge in [-0.15, -0.1) is 0 Å². The van der Waals surface area contributed by atoms with Gasteiger partial charge >= 0.3 is 0 Å². The Hall–Kier alpha value is -4.98. The van der Waals surface area contributed by atoms with Gasteiger partial charge < -0.3 is 28.9 Å². The van der Waals surface area contributed by atoms with Crippen molar-refractivity contribution in [2.45, 2.75) is 25.7 Å². The molecule has 8 nitrogen and oxygen atoms in total. The zero-order chi connectivity index (χ0) is 27.6. The fourth-order valence-corrected chi connectivity index (χ4v) is 5.03. The molecule has 0 aliphatic heterocycles. The number of anilines is 2. The Morgan fingerprint density at radius 1 is 0.600 bits per heavy atom. The van der Waals surface area contributed by atoms with Gasteiger partial charge in [-0.3, -0.25) is 9.59 Å². The van der Waals surface area contributed by atoms with Gasteiger partial charge in [0.15, 0.2) is 0 Å². The lowest BCUT2D eigenvalue weighted by atomic mass is 10.1. The molecule has 0 bridgehead atoms. The van der Waals surface area contributed by atoms with Gasteiger partial charge in [-0.05, 0) is 37.1 Å². The highest BCUT2D eigenvalue weighted by molar-refractivity contribution is 6.09. The molecule has 0 aliphatic rings. The summed E-state index contributed by atoms with van der Waals surface area (Å²) in [7, 11) is 3.14. The van der Waals surface area contributed by atoms with Crippen molar-refractivity contribution < 1.29 is 27.9 Å². The van der Waals surface area contributed by atoms with Crippen LogP contribution in [0.3, 0.4) is 0 Å². The van der Waals surface area contributed by atoms with E-state index in [0.717, 1.165) is 32.7 Å². The number of carbonyl (C=O) groups is 2. The van der Waals surface area contributed by atoms with E-state index >= 15 is 0 Å². The van der Waals surface area contributed by atoms with Crippen molar-refractivity contribution in [2.24, 2.45) is 0 Å². The van der Waals surface area contributed by atoms with E-state index in [0.29, 0.717) is 46.9 Å². The third-order valence-corrected chi connectivity index (χ3v) is 7.00. The van der Waals surface area contributed by atoms with E-state index in [-0.39, 0.29) is 24.7 Å². The van der Waals surface area contributed by atoms with Crippen LogP contribution in [-0.4, -0.2) is 26.0 Å². The number of hydrogen-bond donors (Lipinski definition) is 2. The van der Waals surface area contributed by atoms with Crippen molar-refractivity contribution in [3.8, 4) is 11.5 Å². The second-order valence-corrected chi connectivity index (χ2v) is 9.60. The summed E-state index contributed by atoms with van der Waals surface area (Å²) in [5, 5.41) is 9.66. The van der Waals surface area contributed by atoms with Gasteiger partial charge in [0, 0.05) is 46.5 Å². The summed E-state index contributed by atoms with van der Waals surface area (Å²) >= 11 is 0. The average molecular weight is 537 g/mol. The van der Waals surface area contributed by atoms with Gasteiger partial charge in [-0.1, -0.05) is 36.4 Å². The molecule has 6 aromatic rings. The maximum Gasteiger partial charge on any atom is 0.224 e. The van der Waals surface area contributed by atoms with E-state index in [2.05, 4.69) is 10.6 Å². The number of amides is 2. The number of furan rings is 2. The zero-order valence-corrected chi connectivity index (χ0v) is 22.2. The van der Waals surface area contributed by atoms with Crippen LogP contribution in [-0.2, 0) is 9.59 Å². The van der Waals surface area contributed by atoms with Crippen LogP contribution in [0.4, 0.5) is 11.4 Å². The molecule has 4 aromatic carbocycles. The maximum atomic E-state index is 12.7. The number of methoxy groups -OCH3 is 2. The van der Waals surface area contributed by atoms with Crippen LogP contribution in [0.2, 0.25) is 0 Å². The van der Waals surface area contributed by atoms with Crippen LogP contribution >= 0.6 is 0 Å². The summed E-state index contributed by atoms with van der Waals surface area (Å²) in [6, 6.07) is 22.8. The van der Waals surface area contributed by atoms with Gasteiger partial charge in [-0.2, -0.15) is 0 Å². The molecule has 40 heavy (non-hydrogen) atoms. The van der Waals surface area contributed by atoms with Crippen molar-refractivity contribution in [2.75, 3.05) is 24.9 Å². The number of hydrogen-bond acceptors (Lipinski definition) is 6. The molecular weight excluding hydrogens is 508 g/mol.